The Morgan fingerprint density at radius 1 is 1.10 bits per heavy atom. The highest BCUT2D eigenvalue weighted by Gasteiger charge is 2.15. The summed E-state index contributed by atoms with van der Waals surface area (Å²) in [6.45, 7) is 6.37. The smallest absolute Gasteiger partial charge is 0.231 e. The Labute approximate surface area is 126 Å². The minimum atomic E-state index is 0.609. The number of rotatable bonds is 8. The van der Waals surface area contributed by atoms with E-state index in [4.69, 9.17) is 4.74 Å². The summed E-state index contributed by atoms with van der Waals surface area (Å²) in [7, 11) is 1.83. The quantitative estimate of drug-likeness (QED) is 0.707. The van der Waals surface area contributed by atoms with Crippen LogP contribution in [0, 0.1) is 0 Å². The molecule has 0 aromatic carbocycles. The molecule has 0 radical (unpaired) electrons. The number of ether oxygens (including phenoxy) is 1. The predicted molar refractivity (Wildman–Crippen MR) is 85.0 cm³/mol. The van der Waals surface area contributed by atoms with E-state index in [1.165, 1.54) is 19.3 Å². The highest BCUT2D eigenvalue weighted by atomic mass is 16.5. The van der Waals surface area contributed by atoms with Crippen LogP contribution in [0.4, 0.5) is 17.8 Å². The van der Waals surface area contributed by atoms with Crippen molar-refractivity contribution < 1.29 is 4.74 Å². The lowest BCUT2D eigenvalue weighted by Gasteiger charge is -2.26. The van der Waals surface area contributed by atoms with Crippen molar-refractivity contribution in [3.05, 3.63) is 0 Å². The van der Waals surface area contributed by atoms with Crippen LogP contribution in [-0.2, 0) is 4.74 Å². The van der Waals surface area contributed by atoms with Gasteiger partial charge in [0.2, 0.25) is 17.8 Å². The van der Waals surface area contributed by atoms with Gasteiger partial charge in [-0.15, -0.1) is 0 Å². The Bertz CT molecular complexity index is 422. The lowest BCUT2D eigenvalue weighted by molar-refractivity contribution is 0.147. The first-order valence-corrected chi connectivity index (χ1v) is 7.84. The van der Waals surface area contributed by atoms with Gasteiger partial charge in [0.05, 0.1) is 0 Å². The van der Waals surface area contributed by atoms with Crippen LogP contribution in [0.1, 0.15) is 32.6 Å². The molecule has 0 saturated carbocycles. The molecule has 1 saturated heterocycles. The first-order valence-electron chi connectivity index (χ1n) is 7.84. The molecule has 2 heterocycles. The molecule has 2 N–H and O–H groups in total. The zero-order valence-corrected chi connectivity index (χ0v) is 13.1. The second kappa shape index (κ2) is 8.61. The first-order chi connectivity index (χ1) is 10.3. The number of anilines is 3. The number of nitrogens with one attached hydrogen (secondary N) is 2. The summed E-state index contributed by atoms with van der Waals surface area (Å²) in [6.07, 6.45) is 4.64. The van der Waals surface area contributed by atoms with Crippen LogP contribution >= 0.6 is 0 Å². The standard InChI is InChI=1S/C14H26N6O/c1-3-21-11-7-8-16-13-17-12(15-2)18-14(19-13)20-9-5-4-6-10-20/h3-11H2,1-2H3,(H2,15,16,17,18,19). The SMILES string of the molecule is CCOCCCNc1nc(NC)nc(N2CCCCC2)n1. The third-order valence-electron chi connectivity index (χ3n) is 3.44. The summed E-state index contributed by atoms with van der Waals surface area (Å²) in [5.74, 6) is 2.01. The second-order valence-corrected chi connectivity index (χ2v) is 5.06. The number of nitrogens with zero attached hydrogens (tertiary/aromatic N) is 4. The van der Waals surface area contributed by atoms with Crippen molar-refractivity contribution in [3.8, 4) is 0 Å². The van der Waals surface area contributed by atoms with Crippen molar-refractivity contribution in [1.29, 1.82) is 0 Å². The first kappa shape index (κ1) is 15.8. The maximum Gasteiger partial charge on any atom is 0.231 e. The molecule has 0 bridgehead atoms. The largest absolute Gasteiger partial charge is 0.382 e. The molecule has 1 fully saturated rings. The van der Waals surface area contributed by atoms with E-state index < -0.39 is 0 Å². The minimum Gasteiger partial charge on any atom is -0.382 e. The van der Waals surface area contributed by atoms with Gasteiger partial charge in [-0.1, -0.05) is 0 Å². The molecule has 0 spiro atoms. The van der Waals surface area contributed by atoms with Crippen LogP contribution < -0.4 is 15.5 Å². The summed E-state index contributed by atoms with van der Waals surface area (Å²) in [6, 6.07) is 0. The molecule has 0 aliphatic carbocycles. The number of aromatic nitrogens is 3. The number of hydrogen-bond acceptors (Lipinski definition) is 7. The summed E-state index contributed by atoms with van der Waals surface area (Å²) in [5, 5.41) is 6.25. The fourth-order valence-electron chi connectivity index (χ4n) is 2.31. The monoisotopic (exact) mass is 294 g/mol. The van der Waals surface area contributed by atoms with Crippen LogP contribution in [0.25, 0.3) is 0 Å². The molecule has 1 aliphatic rings. The molecule has 7 nitrogen and oxygen atoms in total. The van der Waals surface area contributed by atoms with E-state index in [1.807, 2.05) is 14.0 Å². The Morgan fingerprint density at radius 2 is 1.86 bits per heavy atom. The maximum atomic E-state index is 5.32. The van der Waals surface area contributed by atoms with Crippen molar-refractivity contribution in [1.82, 2.24) is 15.0 Å². The van der Waals surface area contributed by atoms with Crippen LogP contribution in [0.2, 0.25) is 0 Å². The molecule has 0 unspecified atom stereocenters. The van der Waals surface area contributed by atoms with Crippen molar-refractivity contribution in [2.45, 2.75) is 32.6 Å². The molecule has 118 valence electrons. The fraction of sp³-hybridized carbons (Fsp3) is 0.786. The summed E-state index contributed by atoms with van der Waals surface area (Å²) in [5.41, 5.74) is 0. The van der Waals surface area contributed by atoms with Crippen molar-refractivity contribution >= 4 is 17.8 Å². The van der Waals surface area contributed by atoms with Gasteiger partial charge in [0.1, 0.15) is 0 Å². The van der Waals surface area contributed by atoms with Gasteiger partial charge in [-0.05, 0) is 32.6 Å². The highest BCUT2D eigenvalue weighted by molar-refractivity contribution is 5.43. The highest BCUT2D eigenvalue weighted by Crippen LogP contribution is 2.18. The van der Waals surface area contributed by atoms with E-state index in [1.54, 1.807) is 0 Å². The van der Waals surface area contributed by atoms with Gasteiger partial charge < -0.3 is 20.3 Å². The number of piperidine rings is 1. The molecule has 0 amide bonds. The molecular weight excluding hydrogens is 268 g/mol. The molecule has 2 rings (SSSR count). The van der Waals surface area contributed by atoms with Crippen LogP contribution in [0.5, 0.6) is 0 Å². The minimum absolute atomic E-state index is 0.609. The lowest BCUT2D eigenvalue weighted by Crippen LogP contribution is -2.31. The summed E-state index contributed by atoms with van der Waals surface area (Å²) >= 11 is 0. The van der Waals surface area contributed by atoms with Crippen molar-refractivity contribution in [2.24, 2.45) is 0 Å². The van der Waals surface area contributed by atoms with E-state index in [9.17, 15) is 0 Å². The van der Waals surface area contributed by atoms with Gasteiger partial charge in [0, 0.05) is 39.9 Å². The molecular formula is C14H26N6O. The molecule has 1 aromatic heterocycles. The van der Waals surface area contributed by atoms with Gasteiger partial charge in [0.25, 0.3) is 0 Å². The maximum absolute atomic E-state index is 5.32. The zero-order valence-electron chi connectivity index (χ0n) is 13.1. The summed E-state index contributed by atoms with van der Waals surface area (Å²) in [4.78, 5) is 15.6. The Kier molecular flexibility index (Phi) is 6.46. The van der Waals surface area contributed by atoms with E-state index in [2.05, 4.69) is 30.5 Å². The third kappa shape index (κ3) is 5.00. The van der Waals surface area contributed by atoms with Crippen molar-refractivity contribution in [3.63, 3.8) is 0 Å². The fourth-order valence-corrected chi connectivity index (χ4v) is 2.31. The topological polar surface area (TPSA) is 75.2 Å². The molecule has 1 aliphatic heterocycles. The van der Waals surface area contributed by atoms with Gasteiger partial charge in [-0.2, -0.15) is 15.0 Å². The molecule has 1 aromatic rings. The van der Waals surface area contributed by atoms with E-state index in [0.29, 0.717) is 11.9 Å². The van der Waals surface area contributed by atoms with Gasteiger partial charge >= 0.3 is 0 Å². The Hall–Kier alpha value is -1.63. The predicted octanol–water partition coefficient (Wildman–Crippen LogP) is 1.74. The second-order valence-electron chi connectivity index (χ2n) is 5.06. The molecule has 0 atom stereocenters. The van der Waals surface area contributed by atoms with Gasteiger partial charge in [-0.25, -0.2) is 0 Å². The Morgan fingerprint density at radius 3 is 2.57 bits per heavy atom. The van der Waals surface area contributed by atoms with E-state index in [-0.39, 0.29) is 0 Å². The average Bonchev–Trinajstić information content (AvgIpc) is 2.55. The van der Waals surface area contributed by atoms with Gasteiger partial charge in [-0.3, -0.25) is 0 Å². The van der Waals surface area contributed by atoms with Crippen LogP contribution in [0.3, 0.4) is 0 Å². The van der Waals surface area contributed by atoms with Crippen LogP contribution in [-0.4, -0.2) is 54.8 Å². The zero-order chi connectivity index (χ0) is 14.9. The summed E-state index contributed by atoms with van der Waals surface area (Å²) < 4.78 is 5.32. The average molecular weight is 294 g/mol. The third-order valence-corrected chi connectivity index (χ3v) is 3.44. The lowest BCUT2D eigenvalue weighted by atomic mass is 10.1. The Balaban J connectivity index is 1.96. The normalized spacial score (nSPS) is 15.0. The van der Waals surface area contributed by atoms with Gasteiger partial charge in [0.15, 0.2) is 0 Å². The van der Waals surface area contributed by atoms with E-state index >= 15 is 0 Å². The van der Waals surface area contributed by atoms with Crippen molar-refractivity contribution in [2.75, 3.05) is 55.4 Å². The van der Waals surface area contributed by atoms with Crippen LogP contribution in [0.15, 0.2) is 0 Å². The molecule has 7 heteroatoms. The number of hydrogen-bond donors (Lipinski definition) is 2. The van der Waals surface area contributed by atoms with E-state index in [0.717, 1.165) is 45.2 Å². The molecule has 21 heavy (non-hydrogen) atoms.